The summed E-state index contributed by atoms with van der Waals surface area (Å²) in [5.74, 6) is 0.472. The number of nitrogens with two attached hydrogens (primary N) is 1. The van der Waals surface area contributed by atoms with Gasteiger partial charge in [0.2, 0.25) is 0 Å². The second kappa shape index (κ2) is 6.09. The molecule has 1 aromatic rings. The molecule has 1 heterocycles. The van der Waals surface area contributed by atoms with E-state index in [4.69, 9.17) is 15.6 Å². The molecule has 0 spiro atoms. The average Bonchev–Trinajstić information content (AvgIpc) is 2.38. The van der Waals surface area contributed by atoms with Crippen LogP contribution in [0.25, 0.3) is 0 Å². The van der Waals surface area contributed by atoms with Crippen LogP contribution in [0.2, 0.25) is 0 Å². The molecule has 0 bridgehead atoms. The van der Waals surface area contributed by atoms with Gasteiger partial charge in [-0.2, -0.15) is 0 Å². The molecular weight excluding hydrogens is 258 g/mol. The Kier molecular flexibility index (Phi) is 4.44. The number of carboxylic acid groups (broad SMARTS) is 1. The van der Waals surface area contributed by atoms with E-state index in [1.54, 1.807) is 19.5 Å². The average molecular weight is 279 g/mol. The molecule has 6 heteroatoms. The molecule has 1 aliphatic rings. The van der Waals surface area contributed by atoms with Gasteiger partial charge in [0, 0.05) is 13.3 Å². The summed E-state index contributed by atoms with van der Waals surface area (Å²) in [5, 5.41) is 11.5. The molecule has 1 amide bonds. The standard InChI is InChI=1S/C14H21N3O3/c1-8-5-9(10-3-4-16-7-11(10)15)6-12(13(8)20-2)17-14(18)19/h3-4,7-9,12-13,17H,5-6,15H2,1-2H3,(H,18,19)/t8-,9-,12+,13+/m0/s1. The highest BCUT2D eigenvalue weighted by atomic mass is 16.5. The van der Waals surface area contributed by atoms with Crippen molar-refractivity contribution in [2.45, 2.75) is 37.8 Å². The first-order chi connectivity index (χ1) is 9.52. The van der Waals surface area contributed by atoms with Crippen molar-refractivity contribution in [3.63, 3.8) is 0 Å². The molecule has 0 saturated heterocycles. The van der Waals surface area contributed by atoms with Gasteiger partial charge in [-0.1, -0.05) is 6.92 Å². The third-order valence-corrected chi connectivity index (χ3v) is 4.06. The molecule has 1 aliphatic carbocycles. The lowest BCUT2D eigenvalue weighted by molar-refractivity contribution is -0.000236. The number of rotatable bonds is 3. The normalized spacial score (nSPS) is 29.9. The van der Waals surface area contributed by atoms with Crippen molar-refractivity contribution in [2.75, 3.05) is 12.8 Å². The molecule has 2 rings (SSSR count). The number of ether oxygens (including phenoxy) is 1. The lowest BCUT2D eigenvalue weighted by Gasteiger charge is -2.40. The third kappa shape index (κ3) is 3.01. The molecule has 0 radical (unpaired) electrons. The number of carbonyl (C=O) groups is 1. The number of nitrogen functional groups attached to an aromatic ring is 1. The van der Waals surface area contributed by atoms with Gasteiger partial charge in [0.15, 0.2) is 0 Å². The van der Waals surface area contributed by atoms with E-state index >= 15 is 0 Å². The van der Waals surface area contributed by atoms with Crippen LogP contribution in [0.15, 0.2) is 18.5 Å². The van der Waals surface area contributed by atoms with Gasteiger partial charge in [-0.05, 0) is 36.3 Å². The van der Waals surface area contributed by atoms with Crippen molar-refractivity contribution in [3.05, 3.63) is 24.0 Å². The minimum atomic E-state index is -1.02. The monoisotopic (exact) mass is 279 g/mol. The number of pyridine rings is 1. The Labute approximate surface area is 118 Å². The molecule has 20 heavy (non-hydrogen) atoms. The molecule has 0 aromatic carbocycles. The van der Waals surface area contributed by atoms with Crippen molar-refractivity contribution in [1.82, 2.24) is 10.3 Å². The van der Waals surface area contributed by atoms with Gasteiger partial charge in [-0.3, -0.25) is 4.98 Å². The summed E-state index contributed by atoms with van der Waals surface area (Å²) in [6.45, 7) is 2.08. The molecule has 1 saturated carbocycles. The molecular formula is C14H21N3O3. The minimum Gasteiger partial charge on any atom is -0.465 e. The number of nitrogens with zero attached hydrogens (tertiary/aromatic N) is 1. The second-order valence-electron chi connectivity index (χ2n) is 5.41. The lowest BCUT2D eigenvalue weighted by Crippen LogP contribution is -2.50. The summed E-state index contributed by atoms with van der Waals surface area (Å²) in [6, 6.07) is 1.69. The molecule has 1 aromatic heterocycles. The van der Waals surface area contributed by atoms with E-state index in [9.17, 15) is 4.79 Å². The van der Waals surface area contributed by atoms with E-state index in [-0.39, 0.29) is 24.0 Å². The summed E-state index contributed by atoms with van der Waals surface area (Å²) in [6.07, 6.45) is 3.84. The first-order valence-corrected chi connectivity index (χ1v) is 6.74. The van der Waals surface area contributed by atoms with Crippen molar-refractivity contribution in [3.8, 4) is 0 Å². The highest BCUT2D eigenvalue weighted by Crippen LogP contribution is 2.39. The molecule has 1 fully saturated rings. The van der Waals surface area contributed by atoms with E-state index in [1.807, 2.05) is 6.07 Å². The van der Waals surface area contributed by atoms with Gasteiger partial charge in [-0.15, -0.1) is 0 Å². The second-order valence-corrected chi connectivity index (χ2v) is 5.41. The largest absolute Gasteiger partial charge is 0.465 e. The Morgan fingerprint density at radius 1 is 1.55 bits per heavy atom. The Balaban J connectivity index is 2.21. The maximum absolute atomic E-state index is 10.9. The number of methoxy groups -OCH3 is 1. The van der Waals surface area contributed by atoms with Crippen LogP contribution in [-0.4, -0.2) is 35.4 Å². The zero-order chi connectivity index (χ0) is 14.7. The quantitative estimate of drug-likeness (QED) is 0.784. The molecule has 0 aliphatic heterocycles. The van der Waals surface area contributed by atoms with E-state index in [0.717, 1.165) is 12.0 Å². The Morgan fingerprint density at radius 3 is 2.90 bits per heavy atom. The van der Waals surface area contributed by atoms with Crippen molar-refractivity contribution in [1.29, 1.82) is 0 Å². The summed E-state index contributed by atoms with van der Waals surface area (Å²) < 4.78 is 5.46. The number of aromatic nitrogens is 1. The first kappa shape index (κ1) is 14.6. The van der Waals surface area contributed by atoms with Gasteiger partial charge >= 0.3 is 6.09 Å². The fraction of sp³-hybridized carbons (Fsp3) is 0.571. The van der Waals surface area contributed by atoms with Gasteiger partial charge in [0.25, 0.3) is 0 Å². The molecule has 4 atom stereocenters. The summed E-state index contributed by atoms with van der Waals surface area (Å²) in [7, 11) is 1.62. The number of nitrogens with one attached hydrogen (secondary N) is 1. The predicted molar refractivity (Wildman–Crippen MR) is 75.5 cm³/mol. The maximum atomic E-state index is 10.9. The molecule has 6 nitrogen and oxygen atoms in total. The lowest BCUT2D eigenvalue weighted by atomic mass is 9.74. The molecule has 110 valence electrons. The van der Waals surface area contributed by atoms with Crippen LogP contribution in [-0.2, 0) is 4.74 Å². The number of amides is 1. The highest BCUT2D eigenvalue weighted by molar-refractivity contribution is 5.65. The summed E-state index contributed by atoms with van der Waals surface area (Å²) in [5.41, 5.74) is 7.68. The fourth-order valence-electron chi connectivity index (χ4n) is 3.26. The smallest absolute Gasteiger partial charge is 0.404 e. The van der Waals surface area contributed by atoms with Gasteiger partial charge in [0.05, 0.1) is 24.0 Å². The zero-order valence-corrected chi connectivity index (χ0v) is 11.7. The Morgan fingerprint density at radius 2 is 2.30 bits per heavy atom. The SMILES string of the molecule is CO[C@@H]1[C@@H](C)C[C@H](c2ccncc2N)C[C@H]1NC(=O)O. The zero-order valence-electron chi connectivity index (χ0n) is 11.7. The van der Waals surface area contributed by atoms with Crippen molar-refractivity contribution >= 4 is 11.8 Å². The Hall–Kier alpha value is -1.82. The molecule has 4 N–H and O–H groups in total. The van der Waals surface area contributed by atoms with Crippen LogP contribution < -0.4 is 11.1 Å². The van der Waals surface area contributed by atoms with E-state index in [1.165, 1.54) is 0 Å². The van der Waals surface area contributed by atoms with E-state index in [2.05, 4.69) is 17.2 Å². The molecule has 0 unspecified atom stereocenters. The van der Waals surface area contributed by atoms with Crippen LogP contribution in [0.1, 0.15) is 31.2 Å². The third-order valence-electron chi connectivity index (χ3n) is 4.06. The predicted octanol–water partition coefficient (Wildman–Crippen LogP) is 1.83. The van der Waals surface area contributed by atoms with Crippen LogP contribution >= 0.6 is 0 Å². The van der Waals surface area contributed by atoms with Crippen LogP contribution in [0.4, 0.5) is 10.5 Å². The van der Waals surface area contributed by atoms with Crippen molar-refractivity contribution < 1.29 is 14.6 Å². The highest BCUT2D eigenvalue weighted by Gasteiger charge is 2.37. The maximum Gasteiger partial charge on any atom is 0.404 e. The van der Waals surface area contributed by atoms with Crippen LogP contribution in [0.3, 0.4) is 0 Å². The van der Waals surface area contributed by atoms with Crippen LogP contribution in [0.5, 0.6) is 0 Å². The summed E-state index contributed by atoms with van der Waals surface area (Å²) >= 11 is 0. The topological polar surface area (TPSA) is 97.5 Å². The number of hydrogen-bond acceptors (Lipinski definition) is 4. The van der Waals surface area contributed by atoms with Crippen molar-refractivity contribution in [2.24, 2.45) is 5.92 Å². The van der Waals surface area contributed by atoms with Gasteiger partial charge in [0.1, 0.15) is 0 Å². The number of anilines is 1. The minimum absolute atomic E-state index is 0.106. The van der Waals surface area contributed by atoms with E-state index in [0.29, 0.717) is 12.1 Å². The van der Waals surface area contributed by atoms with E-state index < -0.39 is 6.09 Å². The summed E-state index contributed by atoms with van der Waals surface area (Å²) in [4.78, 5) is 14.9. The Bertz CT molecular complexity index is 480. The fourth-order valence-corrected chi connectivity index (χ4v) is 3.26. The van der Waals surface area contributed by atoms with Gasteiger partial charge in [-0.25, -0.2) is 4.79 Å². The first-order valence-electron chi connectivity index (χ1n) is 6.74. The van der Waals surface area contributed by atoms with Gasteiger partial charge < -0.3 is 20.9 Å². The van der Waals surface area contributed by atoms with Crippen LogP contribution in [0, 0.1) is 5.92 Å². The number of hydrogen-bond donors (Lipinski definition) is 3.